The quantitative estimate of drug-likeness (QED) is 0.156. The van der Waals surface area contributed by atoms with Crippen molar-refractivity contribution in [2.24, 2.45) is 0 Å². The van der Waals surface area contributed by atoms with E-state index in [1.54, 1.807) is 60.7 Å². The van der Waals surface area contributed by atoms with Gasteiger partial charge in [0.2, 0.25) is 0 Å². The summed E-state index contributed by atoms with van der Waals surface area (Å²) in [5.41, 5.74) is 2.06. The van der Waals surface area contributed by atoms with Crippen molar-refractivity contribution in [2.45, 2.75) is 6.61 Å². The van der Waals surface area contributed by atoms with Crippen LogP contribution < -0.4 is 24.4 Å². The van der Waals surface area contributed by atoms with E-state index in [0.29, 0.717) is 40.8 Å². The van der Waals surface area contributed by atoms with Crippen LogP contribution in [0.3, 0.4) is 0 Å². The summed E-state index contributed by atoms with van der Waals surface area (Å²) in [5.74, 6) is -0.314. The van der Waals surface area contributed by atoms with Crippen LogP contribution >= 0.6 is 11.6 Å². The number of nitrogens with one attached hydrogen (secondary N) is 1. The van der Waals surface area contributed by atoms with Gasteiger partial charge in [0.25, 0.3) is 11.8 Å². The second-order valence-corrected chi connectivity index (χ2v) is 9.05. The van der Waals surface area contributed by atoms with Crippen LogP contribution in [-0.2, 0) is 16.2 Å². The Balaban J connectivity index is 1.19. The molecule has 8 nitrogen and oxygen atoms in total. The van der Waals surface area contributed by atoms with E-state index in [9.17, 15) is 14.4 Å². The number of hydrogen-bond acceptors (Lipinski definition) is 7. The third-order valence-electron chi connectivity index (χ3n) is 6.01. The lowest BCUT2D eigenvalue weighted by atomic mass is 10.2. The second-order valence-electron chi connectivity index (χ2n) is 8.67. The van der Waals surface area contributed by atoms with Crippen molar-refractivity contribution >= 4 is 40.8 Å². The van der Waals surface area contributed by atoms with E-state index < -0.39 is 17.8 Å². The number of halogens is 1. The first kappa shape index (κ1) is 26.5. The fourth-order valence-corrected chi connectivity index (χ4v) is 4.15. The van der Waals surface area contributed by atoms with Gasteiger partial charge in [0.15, 0.2) is 0 Å². The summed E-state index contributed by atoms with van der Waals surface area (Å²) in [5, 5.41) is 2.64. The largest absolute Gasteiger partial charge is 0.497 e. The van der Waals surface area contributed by atoms with Gasteiger partial charge in [-0.1, -0.05) is 48.0 Å². The number of imide groups is 1. The molecular formula is C31H23ClN2O6. The highest BCUT2D eigenvalue weighted by Crippen LogP contribution is 2.32. The van der Waals surface area contributed by atoms with Gasteiger partial charge in [0.1, 0.15) is 34.6 Å². The van der Waals surface area contributed by atoms with Crippen LogP contribution in [0.25, 0.3) is 0 Å². The fourth-order valence-electron chi connectivity index (χ4n) is 3.94. The minimum absolute atomic E-state index is 0.0700. The topological polar surface area (TPSA) is 94.2 Å². The number of esters is 1. The van der Waals surface area contributed by atoms with Gasteiger partial charge < -0.3 is 19.5 Å². The Morgan fingerprint density at radius 1 is 0.800 bits per heavy atom. The molecule has 1 aliphatic heterocycles. The number of rotatable bonds is 9. The minimum Gasteiger partial charge on any atom is -0.497 e. The predicted molar refractivity (Wildman–Crippen MR) is 151 cm³/mol. The van der Waals surface area contributed by atoms with Gasteiger partial charge in [0, 0.05) is 11.8 Å². The fraction of sp³-hybridized carbons (Fsp3) is 0.0645. The van der Waals surface area contributed by atoms with Crippen molar-refractivity contribution in [3.63, 3.8) is 0 Å². The molecule has 0 atom stereocenters. The Labute approximate surface area is 235 Å². The second kappa shape index (κ2) is 11.8. The molecule has 0 spiro atoms. The zero-order valence-corrected chi connectivity index (χ0v) is 22.1. The Kier molecular flexibility index (Phi) is 7.80. The van der Waals surface area contributed by atoms with E-state index in [2.05, 4.69) is 5.32 Å². The molecule has 1 heterocycles. The van der Waals surface area contributed by atoms with Gasteiger partial charge in [-0.2, -0.15) is 0 Å². The third kappa shape index (κ3) is 5.82. The van der Waals surface area contributed by atoms with Crippen LogP contribution in [0.15, 0.2) is 114 Å². The molecule has 5 rings (SSSR count). The standard InChI is InChI=1S/C31H23ClN2O6/c1-38-26-9-5-8-23(18-26)34-29(35)27(32)28(30(34)36)33-22-12-10-21(11-13-22)31(37)40-25-16-14-24(15-17-25)39-19-20-6-3-2-4-7-20/h2-18,33H,19H2,1H3. The van der Waals surface area contributed by atoms with Crippen LogP contribution in [0.4, 0.5) is 11.4 Å². The molecule has 0 aliphatic carbocycles. The van der Waals surface area contributed by atoms with Crippen LogP contribution in [0.5, 0.6) is 17.2 Å². The number of hydrogen-bond donors (Lipinski definition) is 1. The summed E-state index contributed by atoms with van der Waals surface area (Å²) in [4.78, 5) is 39.4. The maximum atomic E-state index is 13.0. The van der Waals surface area contributed by atoms with Gasteiger partial charge in [-0.25, -0.2) is 9.69 Å². The third-order valence-corrected chi connectivity index (χ3v) is 6.36. The molecule has 2 amide bonds. The Hall–Kier alpha value is -5.08. The van der Waals surface area contributed by atoms with E-state index in [1.807, 2.05) is 30.3 Å². The molecule has 0 fully saturated rings. The first-order valence-electron chi connectivity index (χ1n) is 12.2. The van der Waals surface area contributed by atoms with Crippen molar-refractivity contribution in [1.82, 2.24) is 0 Å². The first-order valence-corrected chi connectivity index (χ1v) is 12.6. The van der Waals surface area contributed by atoms with Gasteiger partial charge in [0.05, 0.1) is 18.4 Å². The monoisotopic (exact) mass is 554 g/mol. The minimum atomic E-state index is -0.654. The number of carbonyl (C=O) groups excluding carboxylic acids is 3. The summed E-state index contributed by atoms with van der Waals surface area (Å²) in [7, 11) is 1.49. The van der Waals surface area contributed by atoms with Gasteiger partial charge >= 0.3 is 5.97 Å². The Bertz CT molecular complexity index is 1580. The molecule has 40 heavy (non-hydrogen) atoms. The van der Waals surface area contributed by atoms with Crippen molar-refractivity contribution < 1.29 is 28.6 Å². The average Bonchev–Trinajstić information content (AvgIpc) is 3.20. The highest BCUT2D eigenvalue weighted by Gasteiger charge is 2.39. The molecule has 4 aromatic carbocycles. The molecular weight excluding hydrogens is 532 g/mol. The summed E-state index contributed by atoms with van der Waals surface area (Å²) >= 11 is 6.22. The van der Waals surface area contributed by atoms with Crippen molar-refractivity contribution in [3.8, 4) is 17.2 Å². The maximum absolute atomic E-state index is 13.0. The highest BCUT2D eigenvalue weighted by atomic mass is 35.5. The van der Waals surface area contributed by atoms with Crippen LogP contribution in [0.1, 0.15) is 15.9 Å². The predicted octanol–water partition coefficient (Wildman–Crippen LogP) is 5.93. The Morgan fingerprint density at radius 2 is 1.50 bits per heavy atom. The zero-order chi connectivity index (χ0) is 28.1. The summed E-state index contributed by atoms with van der Waals surface area (Å²) in [6.45, 7) is 0.432. The zero-order valence-electron chi connectivity index (χ0n) is 21.3. The molecule has 1 aliphatic rings. The van der Waals surface area contributed by atoms with Crippen molar-refractivity contribution in [1.29, 1.82) is 0 Å². The summed E-state index contributed by atoms with van der Waals surface area (Å²) in [6.07, 6.45) is 0. The lowest BCUT2D eigenvalue weighted by Crippen LogP contribution is -2.32. The molecule has 0 aromatic heterocycles. The molecule has 0 saturated heterocycles. The summed E-state index contributed by atoms with van der Waals surface area (Å²) in [6, 6.07) is 29.3. The summed E-state index contributed by atoms with van der Waals surface area (Å²) < 4.78 is 16.4. The number of anilines is 2. The molecule has 200 valence electrons. The molecule has 4 aromatic rings. The number of methoxy groups -OCH3 is 1. The van der Waals surface area contributed by atoms with Gasteiger partial charge in [-0.05, 0) is 66.2 Å². The van der Waals surface area contributed by atoms with E-state index in [1.165, 1.54) is 19.2 Å². The highest BCUT2D eigenvalue weighted by molar-refractivity contribution is 6.53. The molecule has 0 bridgehead atoms. The van der Waals surface area contributed by atoms with E-state index in [4.69, 9.17) is 25.8 Å². The lowest BCUT2D eigenvalue weighted by molar-refractivity contribution is -0.120. The smallest absolute Gasteiger partial charge is 0.343 e. The molecule has 1 N–H and O–H groups in total. The number of ether oxygens (including phenoxy) is 3. The molecule has 0 unspecified atom stereocenters. The first-order chi connectivity index (χ1) is 19.4. The molecule has 0 radical (unpaired) electrons. The number of amides is 2. The van der Waals surface area contributed by atoms with Crippen LogP contribution in [0.2, 0.25) is 0 Å². The molecule has 9 heteroatoms. The van der Waals surface area contributed by atoms with Crippen LogP contribution in [0, 0.1) is 0 Å². The number of benzene rings is 4. The SMILES string of the molecule is COc1cccc(N2C(=O)C(Cl)=C(Nc3ccc(C(=O)Oc4ccc(OCc5ccccc5)cc4)cc3)C2=O)c1. The van der Waals surface area contributed by atoms with Gasteiger partial charge in [-0.15, -0.1) is 0 Å². The number of carbonyl (C=O) groups is 3. The normalized spacial score (nSPS) is 12.9. The van der Waals surface area contributed by atoms with E-state index in [-0.39, 0.29) is 10.7 Å². The van der Waals surface area contributed by atoms with Crippen molar-refractivity contribution in [2.75, 3.05) is 17.3 Å². The number of nitrogens with zero attached hydrogens (tertiary/aromatic N) is 1. The maximum Gasteiger partial charge on any atom is 0.343 e. The molecule has 0 saturated carbocycles. The lowest BCUT2D eigenvalue weighted by Gasteiger charge is -2.16. The van der Waals surface area contributed by atoms with E-state index in [0.717, 1.165) is 10.5 Å². The van der Waals surface area contributed by atoms with E-state index >= 15 is 0 Å². The van der Waals surface area contributed by atoms with Crippen LogP contribution in [-0.4, -0.2) is 24.9 Å². The average molecular weight is 555 g/mol. The van der Waals surface area contributed by atoms with Gasteiger partial charge in [-0.3, -0.25) is 9.59 Å². The Morgan fingerprint density at radius 3 is 2.20 bits per heavy atom. The van der Waals surface area contributed by atoms with Crippen molar-refractivity contribution in [3.05, 3.63) is 125 Å².